The largest absolute Gasteiger partial charge is 0.320 e. The predicted octanol–water partition coefficient (Wildman–Crippen LogP) is 2.62. The number of hydrogen-bond acceptors (Lipinski definition) is 2. The van der Waals surface area contributed by atoms with Gasteiger partial charge in [0.2, 0.25) is 0 Å². The van der Waals surface area contributed by atoms with E-state index in [0.29, 0.717) is 6.42 Å². The Bertz CT molecular complexity index is 605. The first-order valence-electron chi connectivity index (χ1n) is 6.18. The minimum atomic E-state index is -0.876. The van der Waals surface area contributed by atoms with Crippen molar-refractivity contribution in [3.8, 4) is 0 Å². The van der Waals surface area contributed by atoms with Gasteiger partial charge in [0.1, 0.15) is 0 Å². The molecule has 0 aliphatic carbocycles. The molecule has 0 aliphatic heterocycles. The zero-order chi connectivity index (χ0) is 14.2. The van der Waals surface area contributed by atoms with Crippen LogP contribution < -0.4 is 5.73 Å². The van der Waals surface area contributed by atoms with Gasteiger partial charge < -0.3 is 5.73 Å². The number of aromatic nitrogens is 2. The zero-order valence-corrected chi connectivity index (χ0v) is 11.2. The molecule has 0 radical (unpaired) electrons. The Morgan fingerprint density at radius 3 is 2.58 bits per heavy atom. The summed E-state index contributed by atoms with van der Waals surface area (Å²) in [4.78, 5) is 0. The Morgan fingerprint density at radius 1 is 1.26 bits per heavy atom. The van der Waals surface area contributed by atoms with E-state index in [0.717, 1.165) is 11.3 Å². The quantitative estimate of drug-likeness (QED) is 0.927. The van der Waals surface area contributed by atoms with Gasteiger partial charge in [-0.05, 0) is 18.9 Å². The van der Waals surface area contributed by atoms with Gasteiger partial charge in [0, 0.05) is 24.4 Å². The van der Waals surface area contributed by atoms with E-state index < -0.39 is 17.7 Å². The van der Waals surface area contributed by atoms with Crippen LogP contribution in [0.5, 0.6) is 0 Å². The van der Waals surface area contributed by atoms with E-state index in [1.807, 2.05) is 6.92 Å². The zero-order valence-electron chi connectivity index (χ0n) is 11.2. The van der Waals surface area contributed by atoms with Gasteiger partial charge in [-0.25, -0.2) is 8.78 Å². The molecular formula is C14H17F2N3. The molecular weight excluding hydrogens is 248 g/mol. The highest BCUT2D eigenvalue weighted by Crippen LogP contribution is 2.27. The summed E-state index contributed by atoms with van der Waals surface area (Å²) in [6.45, 7) is 3.47. The molecule has 5 heteroatoms. The third kappa shape index (κ3) is 2.38. The second-order valence-corrected chi connectivity index (χ2v) is 4.64. The first kappa shape index (κ1) is 13.7. The molecule has 1 unspecified atom stereocenters. The number of hydrogen-bond donors (Lipinski definition) is 1. The van der Waals surface area contributed by atoms with E-state index in [-0.39, 0.29) is 11.1 Å². The lowest BCUT2D eigenvalue weighted by molar-refractivity contribution is 0.489. The number of aryl methyl sites for hydroxylation is 3. The fourth-order valence-corrected chi connectivity index (χ4v) is 2.16. The molecule has 0 saturated heterocycles. The van der Waals surface area contributed by atoms with Crippen molar-refractivity contribution in [2.45, 2.75) is 26.3 Å². The number of nitrogens with zero attached hydrogens (tertiary/aromatic N) is 2. The Morgan fingerprint density at radius 2 is 1.95 bits per heavy atom. The normalized spacial score (nSPS) is 12.7. The molecule has 0 aliphatic rings. The van der Waals surface area contributed by atoms with Crippen molar-refractivity contribution in [3.63, 3.8) is 0 Å². The molecule has 2 N–H and O–H groups in total. The Kier molecular flexibility index (Phi) is 3.66. The predicted molar refractivity (Wildman–Crippen MR) is 69.7 cm³/mol. The highest BCUT2D eigenvalue weighted by Gasteiger charge is 2.21. The maximum atomic E-state index is 14.0. The summed E-state index contributed by atoms with van der Waals surface area (Å²) in [7, 11) is 1.78. The fraction of sp³-hybridized carbons (Fsp3) is 0.357. The second-order valence-electron chi connectivity index (χ2n) is 4.64. The lowest BCUT2D eigenvalue weighted by Gasteiger charge is -2.14. The van der Waals surface area contributed by atoms with E-state index in [1.54, 1.807) is 17.9 Å². The van der Waals surface area contributed by atoms with Gasteiger partial charge in [0.15, 0.2) is 11.6 Å². The van der Waals surface area contributed by atoms with Crippen LogP contribution in [0.25, 0.3) is 0 Å². The van der Waals surface area contributed by atoms with Crippen LogP contribution in [0.1, 0.15) is 35.3 Å². The topological polar surface area (TPSA) is 43.8 Å². The summed E-state index contributed by atoms with van der Waals surface area (Å²) in [5.41, 5.74) is 8.03. The average Bonchev–Trinajstić information content (AvgIpc) is 2.77. The van der Waals surface area contributed by atoms with Crippen LogP contribution in [0.3, 0.4) is 0 Å². The molecule has 0 spiro atoms. The van der Waals surface area contributed by atoms with Crippen LogP contribution in [0.15, 0.2) is 18.3 Å². The smallest absolute Gasteiger partial charge is 0.164 e. The van der Waals surface area contributed by atoms with E-state index in [1.165, 1.54) is 19.1 Å². The molecule has 2 aromatic rings. The monoisotopic (exact) mass is 265 g/mol. The van der Waals surface area contributed by atoms with Gasteiger partial charge in [0.25, 0.3) is 0 Å². The number of rotatable bonds is 3. The standard InChI is InChI=1S/C14H17F2N3/c1-4-11-10(7-19(3)18-11)14(17)9-6-5-8(2)12(15)13(9)16/h5-7,14H,4,17H2,1-3H3. The van der Waals surface area contributed by atoms with E-state index in [4.69, 9.17) is 5.73 Å². The van der Waals surface area contributed by atoms with Gasteiger partial charge in [-0.3, -0.25) is 4.68 Å². The van der Waals surface area contributed by atoms with Gasteiger partial charge in [0.05, 0.1) is 11.7 Å². The highest BCUT2D eigenvalue weighted by molar-refractivity contribution is 5.36. The van der Waals surface area contributed by atoms with Crippen LogP contribution in [0.2, 0.25) is 0 Å². The maximum Gasteiger partial charge on any atom is 0.164 e. The summed E-state index contributed by atoms with van der Waals surface area (Å²) >= 11 is 0. The number of benzene rings is 1. The van der Waals surface area contributed by atoms with E-state index >= 15 is 0 Å². The van der Waals surface area contributed by atoms with Crippen molar-refractivity contribution in [2.75, 3.05) is 0 Å². The van der Waals surface area contributed by atoms with Crippen molar-refractivity contribution in [2.24, 2.45) is 12.8 Å². The SMILES string of the molecule is CCc1nn(C)cc1C(N)c1ccc(C)c(F)c1F. The number of nitrogens with two attached hydrogens (primary N) is 1. The van der Waals surface area contributed by atoms with Crippen LogP contribution in [0, 0.1) is 18.6 Å². The summed E-state index contributed by atoms with van der Waals surface area (Å²) < 4.78 is 29.2. The molecule has 3 nitrogen and oxygen atoms in total. The third-order valence-corrected chi connectivity index (χ3v) is 3.25. The molecule has 1 atom stereocenters. The fourth-order valence-electron chi connectivity index (χ4n) is 2.16. The Labute approximate surface area is 111 Å². The van der Waals surface area contributed by atoms with Gasteiger partial charge in [-0.15, -0.1) is 0 Å². The summed E-state index contributed by atoms with van der Waals surface area (Å²) in [6, 6.07) is 2.36. The highest BCUT2D eigenvalue weighted by atomic mass is 19.2. The van der Waals surface area contributed by atoms with Crippen LogP contribution >= 0.6 is 0 Å². The van der Waals surface area contributed by atoms with Crippen molar-refractivity contribution >= 4 is 0 Å². The molecule has 0 fully saturated rings. The Hall–Kier alpha value is -1.75. The van der Waals surface area contributed by atoms with Crippen molar-refractivity contribution < 1.29 is 8.78 Å². The van der Waals surface area contributed by atoms with Gasteiger partial charge in [-0.2, -0.15) is 5.10 Å². The minimum absolute atomic E-state index is 0.158. The third-order valence-electron chi connectivity index (χ3n) is 3.25. The van der Waals surface area contributed by atoms with Crippen molar-refractivity contribution in [1.29, 1.82) is 0 Å². The number of halogens is 2. The molecule has 0 bridgehead atoms. The summed E-state index contributed by atoms with van der Waals surface area (Å²) in [5, 5.41) is 4.27. The van der Waals surface area contributed by atoms with E-state index in [9.17, 15) is 8.78 Å². The van der Waals surface area contributed by atoms with Gasteiger partial charge in [-0.1, -0.05) is 19.1 Å². The molecule has 2 rings (SSSR count). The summed E-state index contributed by atoms with van der Waals surface area (Å²) in [6.07, 6.45) is 2.44. The van der Waals surface area contributed by atoms with Crippen molar-refractivity contribution in [1.82, 2.24) is 9.78 Å². The van der Waals surface area contributed by atoms with Gasteiger partial charge >= 0.3 is 0 Å². The van der Waals surface area contributed by atoms with E-state index in [2.05, 4.69) is 5.10 Å². The minimum Gasteiger partial charge on any atom is -0.320 e. The lowest BCUT2D eigenvalue weighted by Crippen LogP contribution is -2.15. The summed E-state index contributed by atoms with van der Waals surface area (Å²) in [5.74, 6) is -1.71. The molecule has 1 aromatic heterocycles. The van der Waals surface area contributed by atoms with Crippen molar-refractivity contribution in [3.05, 3.63) is 52.3 Å². The first-order valence-corrected chi connectivity index (χ1v) is 6.18. The molecule has 1 heterocycles. The maximum absolute atomic E-state index is 14.0. The second kappa shape index (κ2) is 5.09. The Balaban J connectivity index is 2.49. The molecule has 0 amide bonds. The molecule has 19 heavy (non-hydrogen) atoms. The van der Waals surface area contributed by atoms with Crippen LogP contribution in [-0.4, -0.2) is 9.78 Å². The van der Waals surface area contributed by atoms with Crippen LogP contribution in [0.4, 0.5) is 8.78 Å². The average molecular weight is 265 g/mol. The molecule has 0 saturated carbocycles. The molecule has 1 aromatic carbocycles. The lowest BCUT2D eigenvalue weighted by atomic mass is 9.97. The first-order chi connectivity index (χ1) is 8.95. The van der Waals surface area contributed by atoms with Crippen LogP contribution in [-0.2, 0) is 13.5 Å². The molecule has 102 valence electrons.